The third kappa shape index (κ3) is 3.24. The standard InChI is InChI=1S/C17H16N2O5/c1-22-13-6-3-10(7-15(13)23-2)8-16(20)18-11-4-5-12-14(9-11)24-17(21)19-12/h3-7,9H,8H2,1-2H3,(H,18,20)(H,19,21). The van der Waals surface area contributed by atoms with E-state index in [1.165, 1.54) is 0 Å². The molecule has 0 unspecified atom stereocenters. The van der Waals surface area contributed by atoms with Gasteiger partial charge in [-0.2, -0.15) is 0 Å². The molecule has 0 aliphatic rings. The minimum absolute atomic E-state index is 0.176. The largest absolute Gasteiger partial charge is 0.493 e. The van der Waals surface area contributed by atoms with Gasteiger partial charge in [-0.25, -0.2) is 4.79 Å². The van der Waals surface area contributed by atoms with Crippen molar-refractivity contribution in [3.05, 3.63) is 52.5 Å². The van der Waals surface area contributed by atoms with E-state index in [4.69, 9.17) is 13.9 Å². The van der Waals surface area contributed by atoms with Crippen LogP contribution in [0.3, 0.4) is 0 Å². The number of hydrogen-bond donors (Lipinski definition) is 2. The second-order valence-electron chi connectivity index (χ2n) is 5.14. The van der Waals surface area contributed by atoms with Crippen LogP contribution < -0.4 is 20.5 Å². The minimum Gasteiger partial charge on any atom is -0.493 e. The Morgan fingerprint density at radius 2 is 1.92 bits per heavy atom. The number of fused-ring (bicyclic) bond motifs is 1. The molecule has 0 fully saturated rings. The van der Waals surface area contributed by atoms with Gasteiger partial charge in [0, 0.05) is 11.8 Å². The summed E-state index contributed by atoms with van der Waals surface area (Å²) in [6, 6.07) is 10.3. The lowest BCUT2D eigenvalue weighted by Gasteiger charge is -2.10. The van der Waals surface area contributed by atoms with Crippen molar-refractivity contribution in [2.75, 3.05) is 19.5 Å². The summed E-state index contributed by atoms with van der Waals surface area (Å²) in [7, 11) is 3.10. The molecule has 2 N–H and O–H groups in total. The fraction of sp³-hybridized carbons (Fsp3) is 0.176. The summed E-state index contributed by atoms with van der Waals surface area (Å²) in [5.74, 6) is 0.450. The molecule has 0 atom stereocenters. The molecule has 0 aliphatic carbocycles. The SMILES string of the molecule is COc1ccc(CC(=O)Nc2ccc3[nH]c(=O)oc3c2)cc1OC. The number of methoxy groups -OCH3 is 2. The van der Waals surface area contributed by atoms with E-state index >= 15 is 0 Å². The Balaban J connectivity index is 1.73. The molecule has 0 bridgehead atoms. The van der Waals surface area contributed by atoms with Crippen molar-refractivity contribution in [3.8, 4) is 11.5 Å². The van der Waals surface area contributed by atoms with Crippen molar-refractivity contribution >= 4 is 22.7 Å². The lowest BCUT2D eigenvalue weighted by molar-refractivity contribution is -0.115. The third-order valence-electron chi connectivity index (χ3n) is 3.52. The van der Waals surface area contributed by atoms with Crippen LogP contribution in [0.5, 0.6) is 11.5 Å². The first kappa shape index (κ1) is 15.7. The number of rotatable bonds is 5. The molecule has 1 amide bonds. The first-order chi connectivity index (χ1) is 11.6. The first-order valence-electron chi connectivity index (χ1n) is 7.22. The topological polar surface area (TPSA) is 93.6 Å². The number of carbonyl (C=O) groups excluding carboxylic acids is 1. The van der Waals surface area contributed by atoms with E-state index in [1.807, 2.05) is 0 Å². The van der Waals surface area contributed by atoms with Gasteiger partial charge >= 0.3 is 5.76 Å². The molecule has 3 rings (SSSR count). The Kier molecular flexibility index (Phi) is 4.24. The molecule has 3 aromatic rings. The number of H-pyrrole nitrogens is 1. The van der Waals surface area contributed by atoms with Gasteiger partial charge in [0.1, 0.15) is 0 Å². The van der Waals surface area contributed by atoms with Crippen LogP contribution in [-0.4, -0.2) is 25.1 Å². The number of carbonyl (C=O) groups is 1. The van der Waals surface area contributed by atoms with Gasteiger partial charge < -0.3 is 19.2 Å². The van der Waals surface area contributed by atoms with Crippen LogP contribution >= 0.6 is 0 Å². The van der Waals surface area contributed by atoms with E-state index < -0.39 is 5.76 Å². The predicted molar refractivity (Wildman–Crippen MR) is 88.7 cm³/mol. The number of oxazole rings is 1. The lowest BCUT2D eigenvalue weighted by Crippen LogP contribution is -2.14. The fourth-order valence-electron chi connectivity index (χ4n) is 2.40. The minimum atomic E-state index is -0.529. The maximum atomic E-state index is 12.2. The zero-order chi connectivity index (χ0) is 17.1. The number of hydrogen-bond acceptors (Lipinski definition) is 5. The van der Waals surface area contributed by atoms with E-state index in [1.54, 1.807) is 50.6 Å². The van der Waals surface area contributed by atoms with Gasteiger partial charge in [0.05, 0.1) is 26.2 Å². The van der Waals surface area contributed by atoms with Gasteiger partial charge in [-0.15, -0.1) is 0 Å². The summed E-state index contributed by atoms with van der Waals surface area (Å²) in [6.07, 6.45) is 0.176. The summed E-state index contributed by atoms with van der Waals surface area (Å²) < 4.78 is 15.4. The van der Waals surface area contributed by atoms with E-state index in [0.29, 0.717) is 28.3 Å². The van der Waals surface area contributed by atoms with Crippen LogP contribution in [0.4, 0.5) is 5.69 Å². The maximum Gasteiger partial charge on any atom is 0.417 e. The highest BCUT2D eigenvalue weighted by Gasteiger charge is 2.10. The van der Waals surface area contributed by atoms with Crippen molar-refractivity contribution in [1.29, 1.82) is 0 Å². The average Bonchev–Trinajstić information content (AvgIpc) is 2.93. The Bertz CT molecular complexity index is 942. The molecule has 2 aromatic carbocycles. The van der Waals surface area contributed by atoms with E-state index in [2.05, 4.69) is 10.3 Å². The molecule has 0 aliphatic heterocycles. The van der Waals surface area contributed by atoms with Gasteiger partial charge in [-0.3, -0.25) is 9.78 Å². The quantitative estimate of drug-likeness (QED) is 0.749. The second kappa shape index (κ2) is 6.49. The smallest absolute Gasteiger partial charge is 0.417 e. The molecule has 124 valence electrons. The number of aromatic amines is 1. The monoisotopic (exact) mass is 328 g/mol. The molecule has 7 heteroatoms. The highest BCUT2D eigenvalue weighted by Crippen LogP contribution is 2.27. The molecule has 24 heavy (non-hydrogen) atoms. The van der Waals surface area contributed by atoms with Crippen molar-refractivity contribution < 1.29 is 18.7 Å². The van der Waals surface area contributed by atoms with Crippen molar-refractivity contribution in [2.45, 2.75) is 6.42 Å². The molecule has 1 aromatic heterocycles. The molecule has 1 heterocycles. The summed E-state index contributed by atoms with van der Waals surface area (Å²) in [6.45, 7) is 0. The molecule has 0 radical (unpaired) electrons. The molecular weight excluding hydrogens is 312 g/mol. The summed E-state index contributed by atoms with van der Waals surface area (Å²) in [5, 5.41) is 2.77. The van der Waals surface area contributed by atoms with E-state index in [9.17, 15) is 9.59 Å². The van der Waals surface area contributed by atoms with Gasteiger partial charge in [-0.1, -0.05) is 6.07 Å². The van der Waals surface area contributed by atoms with Crippen LogP contribution in [-0.2, 0) is 11.2 Å². The van der Waals surface area contributed by atoms with Crippen molar-refractivity contribution in [2.24, 2.45) is 0 Å². The van der Waals surface area contributed by atoms with Crippen LogP contribution in [0.1, 0.15) is 5.56 Å². The number of aromatic nitrogens is 1. The van der Waals surface area contributed by atoms with E-state index in [0.717, 1.165) is 5.56 Å². The predicted octanol–water partition coefficient (Wildman–Crippen LogP) is 2.32. The van der Waals surface area contributed by atoms with Crippen molar-refractivity contribution in [3.63, 3.8) is 0 Å². The van der Waals surface area contributed by atoms with Crippen LogP contribution in [0, 0.1) is 0 Å². The van der Waals surface area contributed by atoms with Gasteiger partial charge in [0.15, 0.2) is 17.1 Å². The molecule has 0 saturated carbocycles. The number of anilines is 1. The van der Waals surface area contributed by atoms with E-state index in [-0.39, 0.29) is 12.3 Å². The summed E-state index contributed by atoms with van der Waals surface area (Å²) in [5.41, 5.74) is 2.32. The zero-order valence-electron chi connectivity index (χ0n) is 13.2. The van der Waals surface area contributed by atoms with Gasteiger partial charge in [0.25, 0.3) is 0 Å². The maximum absolute atomic E-state index is 12.2. The number of nitrogens with one attached hydrogen (secondary N) is 2. The fourth-order valence-corrected chi connectivity index (χ4v) is 2.40. The number of ether oxygens (including phenoxy) is 2. The molecule has 7 nitrogen and oxygen atoms in total. The average molecular weight is 328 g/mol. The van der Waals surface area contributed by atoms with Gasteiger partial charge in [0.2, 0.25) is 5.91 Å². The molecular formula is C17H16N2O5. The summed E-state index contributed by atoms with van der Waals surface area (Å²) >= 11 is 0. The molecule has 0 spiro atoms. The Hall–Kier alpha value is -3.22. The second-order valence-corrected chi connectivity index (χ2v) is 5.14. The Morgan fingerprint density at radius 1 is 1.12 bits per heavy atom. The summed E-state index contributed by atoms with van der Waals surface area (Å²) in [4.78, 5) is 25.9. The Labute approximate surface area is 137 Å². The van der Waals surface area contributed by atoms with Gasteiger partial charge in [-0.05, 0) is 29.8 Å². The lowest BCUT2D eigenvalue weighted by atomic mass is 10.1. The first-order valence-corrected chi connectivity index (χ1v) is 7.22. The number of benzene rings is 2. The third-order valence-corrected chi connectivity index (χ3v) is 3.52. The highest BCUT2D eigenvalue weighted by atomic mass is 16.5. The van der Waals surface area contributed by atoms with Crippen LogP contribution in [0.15, 0.2) is 45.6 Å². The van der Waals surface area contributed by atoms with Crippen LogP contribution in [0.25, 0.3) is 11.1 Å². The van der Waals surface area contributed by atoms with Crippen molar-refractivity contribution in [1.82, 2.24) is 4.98 Å². The van der Waals surface area contributed by atoms with Crippen LogP contribution in [0.2, 0.25) is 0 Å². The zero-order valence-corrected chi connectivity index (χ0v) is 13.2. The molecule has 0 saturated heterocycles. The Morgan fingerprint density at radius 3 is 2.67 bits per heavy atom. The number of amides is 1. The highest BCUT2D eigenvalue weighted by molar-refractivity contribution is 5.94. The normalized spacial score (nSPS) is 10.6.